The molecule has 0 amide bonds. The highest BCUT2D eigenvalue weighted by atomic mass is 16.5. The van der Waals surface area contributed by atoms with Crippen LogP contribution in [0, 0.1) is 0 Å². The van der Waals surface area contributed by atoms with Crippen LogP contribution in [0.4, 0.5) is 0 Å². The number of rotatable bonds is 7. The highest BCUT2D eigenvalue weighted by molar-refractivity contribution is 5.71. The smallest absolute Gasteiger partial charge is 0.320 e. The molecule has 0 aromatic rings. The molecule has 0 radical (unpaired) electrons. The molecule has 1 rings (SSSR count). The third-order valence-electron chi connectivity index (χ3n) is 3.71. The Kier molecular flexibility index (Phi) is 8.07. The average Bonchev–Trinajstić information content (AvgIpc) is 2.55. The lowest BCUT2D eigenvalue weighted by Gasteiger charge is -2.29. The lowest BCUT2D eigenvalue weighted by atomic mass is 10.0. The predicted molar refractivity (Wildman–Crippen MR) is 76.0 cm³/mol. The topological polar surface area (TPSA) is 49.8 Å². The third-order valence-corrected chi connectivity index (χ3v) is 3.71. The van der Waals surface area contributed by atoms with Crippen LogP contribution >= 0.6 is 0 Å². The molecule has 19 heavy (non-hydrogen) atoms. The van der Waals surface area contributed by atoms with Crippen LogP contribution in [0.2, 0.25) is 0 Å². The molecule has 2 atom stereocenters. The van der Waals surface area contributed by atoms with Gasteiger partial charge in [-0.1, -0.05) is 26.2 Å². The number of nitrogens with zero attached hydrogens (tertiary/aromatic N) is 1. The summed E-state index contributed by atoms with van der Waals surface area (Å²) in [5.41, 5.74) is 0. The van der Waals surface area contributed by atoms with Crippen LogP contribution in [0.1, 0.15) is 58.8 Å². The zero-order chi connectivity index (χ0) is 14.1. The second-order valence-electron chi connectivity index (χ2n) is 5.63. The Bertz CT molecular complexity index is 256. The standard InChI is InChI=1S/C15H29NO3/c1-3-4-10-19-15(18)12-16-9-7-5-6-8-14(16)11-13(2)17/h13-14,17H,3-12H2,1-2H3. The molecule has 4 nitrogen and oxygen atoms in total. The number of carbonyl (C=O) groups is 1. The fourth-order valence-corrected chi connectivity index (χ4v) is 2.65. The summed E-state index contributed by atoms with van der Waals surface area (Å²) < 4.78 is 5.24. The lowest BCUT2D eigenvalue weighted by Crippen LogP contribution is -2.41. The van der Waals surface area contributed by atoms with Crippen molar-refractivity contribution in [2.45, 2.75) is 70.9 Å². The number of esters is 1. The number of hydrogen-bond donors (Lipinski definition) is 1. The van der Waals surface area contributed by atoms with Crippen molar-refractivity contribution in [1.29, 1.82) is 0 Å². The number of hydrogen-bond acceptors (Lipinski definition) is 4. The van der Waals surface area contributed by atoms with Gasteiger partial charge in [-0.05, 0) is 39.2 Å². The van der Waals surface area contributed by atoms with E-state index in [2.05, 4.69) is 11.8 Å². The number of ether oxygens (including phenoxy) is 1. The molecule has 0 aromatic carbocycles. The molecule has 0 spiro atoms. The van der Waals surface area contributed by atoms with Crippen molar-refractivity contribution in [2.24, 2.45) is 0 Å². The molecule has 1 heterocycles. The maximum absolute atomic E-state index is 11.8. The van der Waals surface area contributed by atoms with Crippen LogP contribution in [0.3, 0.4) is 0 Å². The SMILES string of the molecule is CCCCOC(=O)CN1CCCCCC1CC(C)O. The molecule has 0 aliphatic carbocycles. The maximum atomic E-state index is 11.8. The van der Waals surface area contributed by atoms with Crippen molar-refractivity contribution in [3.63, 3.8) is 0 Å². The number of unbranched alkanes of at least 4 members (excludes halogenated alkanes) is 1. The first-order chi connectivity index (χ1) is 9.13. The first-order valence-corrected chi connectivity index (χ1v) is 7.71. The van der Waals surface area contributed by atoms with E-state index in [0.29, 0.717) is 19.2 Å². The fourth-order valence-electron chi connectivity index (χ4n) is 2.65. The van der Waals surface area contributed by atoms with E-state index in [-0.39, 0.29) is 12.1 Å². The van der Waals surface area contributed by atoms with E-state index < -0.39 is 0 Å². The molecular formula is C15H29NO3. The van der Waals surface area contributed by atoms with Gasteiger partial charge in [-0.3, -0.25) is 9.69 Å². The van der Waals surface area contributed by atoms with Gasteiger partial charge in [0.2, 0.25) is 0 Å². The van der Waals surface area contributed by atoms with E-state index >= 15 is 0 Å². The van der Waals surface area contributed by atoms with E-state index in [4.69, 9.17) is 4.74 Å². The van der Waals surface area contributed by atoms with Gasteiger partial charge in [0.25, 0.3) is 0 Å². The van der Waals surface area contributed by atoms with E-state index in [1.807, 2.05) is 6.92 Å². The van der Waals surface area contributed by atoms with Gasteiger partial charge in [0, 0.05) is 6.04 Å². The zero-order valence-corrected chi connectivity index (χ0v) is 12.4. The normalized spacial score (nSPS) is 22.8. The number of carbonyl (C=O) groups excluding carboxylic acids is 1. The largest absolute Gasteiger partial charge is 0.465 e. The van der Waals surface area contributed by atoms with Crippen LogP contribution < -0.4 is 0 Å². The van der Waals surface area contributed by atoms with E-state index in [1.54, 1.807) is 0 Å². The third kappa shape index (κ3) is 6.92. The molecule has 2 unspecified atom stereocenters. The van der Waals surface area contributed by atoms with Crippen molar-refractivity contribution >= 4 is 5.97 Å². The van der Waals surface area contributed by atoms with Gasteiger partial charge in [-0.25, -0.2) is 0 Å². The molecule has 0 bridgehead atoms. The van der Waals surface area contributed by atoms with E-state index in [0.717, 1.165) is 38.6 Å². The van der Waals surface area contributed by atoms with Gasteiger partial charge in [0.15, 0.2) is 0 Å². The Balaban J connectivity index is 2.42. The van der Waals surface area contributed by atoms with Crippen LogP contribution in [-0.4, -0.2) is 47.8 Å². The van der Waals surface area contributed by atoms with Gasteiger partial charge in [0.05, 0.1) is 19.3 Å². The summed E-state index contributed by atoms with van der Waals surface area (Å²) in [7, 11) is 0. The Morgan fingerprint density at radius 3 is 2.89 bits per heavy atom. The first-order valence-electron chi connectivity index (χ1n) is 7.71. The molecule has 1 N–H and O–H groups in total. The summed E-state index contributed by atoms with van der Waals surface area (Å²) in [6.45, 7) is 5.76. The lowest BCUT2D eigenvalue weighted by molar-refractivity contribution is -0.145. The van der Waals surface area contributed by atoms with Crippen LogP contribution in [0.5, 0.6) is 0 Å². The maximum Gasteiger partial charge on any atom is 0.320 e. The molecule has 1 saturated heterocycles. The van der Waals surface area contributed by atoms with Crippen molar-refractivity contribution < 1.29 is 14.6 Å². The Hall–Kier alpha value is -0.610. The minimum absolute atomic E-state index is 0.119. The van der Waals surface area contributed by atoms with Gasteiger partial charge in [0.1, 0.15) is 0 Å². The fraction of sp³-hybridized carbons (Fsp3) is 0.933. The molecular weight excluding hydrogens is 242 g/mol. The monoisotopic (exact) mass is 271 g/mol. The summed E-state index contributed by atoms with van der Waals surface area (Å²) in [4.78, 5) is 14.0. The van der Waals surface area contributed by atoms with Gasteiger partial charge < -0.3 is 9.84 Å². The molecule has 1 fully saturated rings. The molecule has 0 saturated carbocycles. The van der Waals surface area contributed by atoms with E-state index in [1.165, 1.54) is 12.8 Å². The van der Waals surface area contributed by atoms with E-state index in [9.17, 15) is 9.90 Å². The average molecular weight is 271 g/mol. The highest BCUT2D eigenvalue weighted by Crippen LogP contribution is 2.20. The zero-order valence-electron chi connectivity index (χ0n) is 12.4. The first kappa shape index (κ1) is 16.4. The second-order valence-corrected chi connectivity index (χ2v) is 5.63. The Labute approximate surface area is 117 Å². The number of aliphatic hydroxyl groups excluding tert-OH is 1. The summed E-state index contributed by atoms with van der Waals surface area (Å²) >= 11 is 0. The minimum atomic E-state index is -0.304. The summed E-state index contributed by atoms with van der Waals surface area (Å²) in [6, 6.07) is 0.321. The molecule has 4 heteroatoms. The summed E-state index contributed by atoms with van der Waals surface area (Å²) in [5, 5.41) is 9.58. The predicted octanol–water partition coefficient (Wildman–Crippen LogP) is 2.35. The molecule has 1 aliphatic rings. The minimum Gasteiger partial charge on any atom is -0.465 e. The van der Waals surface area contributed by atoms with Crippen molar-refractivity contribution in [1.82, 2.24) is 4.90 Å². The van der Waals surface area contributed by atoms with Crippen molar-refractivity contribution in [3.8, 4) is 0 Å². The van der Waals surface area contributed by atoms with Crippen molar-refractivity contribution in [3.05, 3.63) is 0 Å². The van der Waals surface area contributed by atoms with Gasteiger partial charge in [-0.2, -0.15) is 0 Å². The number of aliphatic hydroxyl groups is 1. The highest BCUT2D eigenvalue weighted by Gasteiger charge is 2.24. The molecule has 1 aliphatic heterocycles. The summed E-state index contributed by atoms with van der Waals surface area (Å²) in [5.74, 6) is -0.119. The molecule has 0 aromatic heterocycles. The van der Waals surface area contributed by atoms with Crippen LogP contribution in [-0.2, 0) is 9.53 Å². The van der Waals surface area contributed by atoms with Crippen LogP contribution in [0.25, 0.3) is 0 Å². The van der Waals surface area contributed by atoms with Crippen molar-refractivity contribution in [2.75, 3.05) is 19.7 Å². The quantitative estimate of drug-likeness (QED) is 0.570. The number of likely N-dealkylation sites (tertiary alicyclic amines) is 1. The Morgan fingerprint density at radius 2 is 2.21 bits per heavy atom. The van der Waals surface area contributed by atoms with Gasteiger partial charge in [-0.15, -0.1) is 0 Å². The molecule has 112 valence electrons. The summed E-state index contributed by atoms with van der Waals surface area (Å²) in [6.07, 6.45) is 7.05. The second kappa shape index (κ2) is 9.32. The van der Waals surface area contributed by atoms with Gasteiger partial charge >= 0.3 is 5.97 Å². The Morgan fingerprint density at radius 1 is 1.42 bits per heavy atom. The van der Waals surface area contributed by atoms with Crippen LogP contribution in [0.15, 0.2) is 0 Å².